The lowest BCUT2D eigenvalue weighted by Gasteiger charge is -2.08. The number of hydrogen-bond donors (Lipinski definition) is 0. The van der Waals surface area contributed by atoms with Crippen LogP contribution in [0.3, 0.4) is 0 Å². The van der Waals surface area contributed by atoms with E-state index in [-0.39, 0.29) is 24.0 Å². The third kappa shape index (κ3) is 5.12. The lowest BCUT2D eigenvalue weighted by molar-refractivity contribution is -0.660. The van der Waals surface area contributed by atoms with Crippen molar-refractivity contribution in [3.05, 3.63) is 112 Å². The van der Waals surface area contributed by atoms with Gasteiger partial charge >= 0.3 is 0 Å². The van der Waals surface area contributed by atoms with E-state index in [4.69, 9.17) is 23.2 Å². The van der Waals surface area contributed by atoms with Crippen molar-refractivity contribution in [3.63, 3.8) is 0 Å². The number of hydrogen-bond acceptors (Lipinski definition) is 0. The molecule has 1 nitrogen and oxygen atoms in total. The quantitative estimate of drug-likeness (QED) is 0.266. The Hall–Kier alpha value is -2.14. The predicted octanol–water partition coefficient (Wildman–Crippen LogP) is 4.33. The molecule has 0 aliphatic heterocycles. The molecule has 0 amide bonds. The third-order valence-corrected chi connectivity index (χ3v) is 5.56. The summed E-state index contributed by atoms with van der Waals surface area (Å²) in [6.45, 7) is 0. The molecule has 4 heteroatoms. The van der Waals surface area contributed by atoms with E-state index in [0.29, 0.717) is 10.0 Å². The van der Waals surface area contributed by atoms with Gasteiger partial charge in [-0.1, -0.05) is 83.9 Å². The fourth-order valence-corrected chi connectivity index (χ4v) is 3.74. The maximum Gasteiger partial charge on any atom is 0.219 e. The van der Waals surface area contributed by atoms with Crippen molar-refractivity contribution in [2.75, 3.05) is 0 Å². The number of aryl methyl sites for hydroxylation is 1. The average Bonchev–Trinajstić information content (AvgIpc) is 2.75. The summed E-state index contributed by atoms with van der Waals surface area (Å²) in [7, 11) is 2.09. The first-order chi connectivity index (χ1) is 14.1. The van der Waals surface area contributed by atoms with Gasteiger partial charge in [0, 0.05) is 16.7 Å². The Bertz CT molecular complexity index is 1170. The van der Waals surface area contributed by atoms with Crippen LogP contribution in [0.2, 0.25) is 10.0 Å². The molecular weight excluding hydrogens is 524 g/mol. The predicted molar refractivity (Wildman–Crippen MR) is 124 cm³/mol. The third-order valence-electron chi connectivity index (χ3n) is 4.82. The lowest BCUT2D eigenvalue weighted by atomic mass is 9.99. The van der Waals surface area contributed by atoms with E-state index in [0.717, 1.165) is 16.8 Å². The molecule has 4 rings (SSSR count). The van der Waals surface area contributed by atoms with Gasteiger partial charge in [0.25, 0.3) is 0 Å². The van der Waals surface area contributed by atoms with Crippen LogP contribution < -0.4 is 28.5 Å². The van der Waals surface area contributed by atoms with Gasteiger partial charge in [-0.15, -0.1) is 0 Å². The first-order valence-corrected chi connectivity index (χ1v) is 10.1. The van der Waals surface area contributed by atoms with Crippen LogP contribution in [0.1, 0.15) is 11.1 Å². The number of rotatable bonds is 4. The molecule has 0 aliphatic carbocycles. The molecule has 0 radical (unpaired) electrons. The second-order valence-electron chi connectivity index (χ2n) is 6.88. The highest BCUT2D eigenvalue weighted by atomic mass is 127. The minimum atomic E-state index is 0. The maximum absolute atomic E-state index is 6.18. The van der Waals surface area contributed by atoms with E-state index in [1.165, 1.54) is 16.7 Å². The van der Waals surface area contributed by atoms with Crippen molar-refractivity contribution >= 4 is 35.4 Å². The summed E-state index contributed by atoms with van der Waals surface area (Å²) in [6.07, 6.45) is 6.38. The van der Waals surface area contributed by atoms with Gasteiger partial charge in [-0.2, -0.15) is 4.57 Å². The monoisotopic (exact) mass is 543 g/mol. The topological polar surface area (TPSA) is 3.88 Å². The van der Waals surface area contributed by atoms with Crippen LogP contribution >= 0.6 is 23.2 Å². The average molecular weight is 544 g/mol. The van der Waals surface area contributed by atoms with E-state index in [1.807, 2.05) is 30.3 Å². The molecular formula is C26H20Cl2IN. The fraction of sp³-hybridized carbons (Fsp3) is 0.0385. The minimum Gasteiger partial charge on any atom is -1.00 e. The number of halogens is 3. The number of benzene rings is 3. The zero-order chi connectivity index (χ0) is 20.2. The normalized spacial score (nSPS) is 10.8. The summed E-state index contributed by atoms with van der Waals surface area (Å²) in [6, 6.07) is 28.7. The molecule has 0 N–H and O–H groups in total. The summed E-state index contributed by atoms with van der Waals surface area (Å²) in [4.78, 5) is 0. The molecule has 1 aromatic heterocycles. The summed E-state index contributed by atoms with van der Waals surface area (Å²) < 4.78 is 2.19. The van der Waals surface area contributed by atoms with Crippen LogP contribution in [0.4, 0.5) is 0 Å². The Balaban J connectivity index is 0.00000256. The van der Waals surface area contributed by atoms with Gasteiger partial charge in [0.15, 0.2) is 6.20 Å². The van der Waals surface area contributed by atoms with Crippen LogP contribution in [0.25, 0.3) is 34.5 Å². The molecule has 3 aromatic carbocycles. The fourth-order valence-electron chi connectivity index (χ4n) is 3.43. The van der Waals surface area contributed by atoms with Crippen molar-refractivity contribution in [1.29, 1.82) is 0 Å². The molecule has 0 bridgehead atoms. The van der Waals surface area contributed by atoms with E-state index in [1.54, 1.807) is 0 Å². The standard InChI is InChI=1S/C26H20Cl2N.HI/c1-29-18-23(20-8-4-2-5-9-20)17-22(26(29)21-10-6-3-7-11-21)14-12-19-13-15-24(27)25(28)16-19;/h2-18H,1H3;1H/q+1;/p-1/b14-12+;. The minimum absolute atomic E-state index is 0. The van der Waals surface area contributed by atoms with Crippen molar-refractivity contribution in [3.8, 4) is 22.4 Å². The Morgan fingerprint density at radius 2 is 1.30 bits per heavy atom. The van der Waals surface area contributed by atoms with Crippen molar-refractivity contribution in [2.45, 2.75) is 0 Å². The molecule has 150 valence electrons. The number of nitrogens with zero attached hydrogens (tertiary/aromatic N) is 1. The van der Waals surface area contributed by atoms with Crippen molar-refractivity contribution in [2.24, 2.45) is 7.05 Å². The van der Waals surface area contributed by atoms with Gasteiger partial charge in [-0.3, -0.25) is 0 Å². The highest BCUT2D eigenvalue weighted by Crippen LogP contribution is 2.28. The zero-order valence-corrected chi connectivity index (χ0v) is 20.1. The molecule has 0 aliphatic rings. The van der Waals surface area contributed by atoms with E-state index in [9.17, 15) is 0 Å². The Kier molecular flexibility index (Phi) is 7.70. The second kappa shape index (κ2) is 10.3. The smallest absolute Gasteiger partial charge is 0.219 e. The number of pyridine rings is 1. The Morgan fingerprint density at radius 3 is 1.93 bits per heavy atom. The summed E-state index contributed by atoms with van der Waals surface area (Å²) >= 11 is 12.2. The highest BCUT2D eigenvalue weighted by molar-refractivity contribution is 6.42. The largest absolute Gasteiger partial charge is 1.00 e. The van der Waals surface area contributed by atoms with E-state index in [2.05, 4.69) is 84.6 Å². The first-order valence-electron chi connectivity index (χ1n) is 9.39. The van der Waals surface area contributed by atoms with Gasteiger partial charge < -0.3 is 24.0 Å². The first kappa shape index (κ1) is 22.5. The van der Waals surface area contributed by atoms with Gasteiger partial charge in [0.1, 0.15) is 7.05 Å². The second-order valence-corrected chi connectivity index (χ2v) is 7.70. The molecule has 30 heavy (non-hydrogen) atoms. The molecule has 0 fully saturated rings. The molecule has 4 aromatic rings. The molecule has 0 atom stereocenters. The molecule has 0 unspecified atom stereocenters. The summed E-state index contributed by atoms with van der Waals surface area (Å²) in [5.41, 5.74) is 6.82. The van der Waals surface area contributed by atoms with Crippen molar-refractivity contribution in [1.82, 2.24) is 0 Å². The summed E-state index contributed by atoms with van der Waals surface area (Å²) in [5.74, 6) is 0. The molecule has 0 saturated carbocycles. The zero-order valence-electron chi connectivity index (χ0n) is 16.4. The van der Waals surface area contributed by atoms with E-state index < -0.39 is 0 Å². The van der Waals surface area contributed by atoms with Gasteiger partial charge in [0.05, 0.1) is 10.0 Å². The Morgan fingerprint density at radius 1 is 0.667 bits per heavy atom. The van der Waals surface area contributed by atoms with Gasteiger partial charge in [-0.25, -0.2) is 0 Å². The molecule has 0 spiro atoms. The van der Waals surface area contributed by atoms with Crippen molar-refractivity contribution < 1.29 is 28.5 Å². The van der Waals surface area contributed by atoms with Crippen LogP contribution in [-0.2, 0) is 7.05 Å². The van der Waals surface area contributed by atoms with Crippen LogP contribution in [-0.4, -0.2) is 0 Å². The summed E-state index contributed by atoms with van der Waals surface area (Å²) in [5, 5.41) is 1.12. The van der Waals surface area contributed by atoms with Gasteiger partial charge in [0.2, 0.25) is 5.69 Å². The van der Waals surface area contributed by atoms with Crippen LogP contribution in [0, 0.1) is 0 Å². The van der Waals surface area contributed by atoms with E-state index >= 15 is 0 Å². The molecule has 0 saturated heterocycles. The van der Waals surface area contributed by atoms with Crippen LogP contribution in [0.5, 0.6) is 0 Å². The number of aromatic nitrogens is 1. The maximum atomic E-state index is 6.18. The molecule has 1 heterocycles. The van der Waals surface area contributed by atoms with Gasteiger partial charge in [-0.05, 0) is 47.5 Å². The highest BCUT2D eigenvalue weighted by Gasteiger charge is 2.17. The Labute approximate surface area is 204 Å². The lowest BCUT2D eigenvalue weighted by Crippen LogP contribution is -3.00. The SMILES string of the molecule is C[n+]1cc(-c2ccccc2)cc(/C=C/c2ccc(Cl)c(Cl)c2)c1-c1ccccc1.[I-]. The van der Waals surface area contributed by atoms with Crippen LogP contribution in [0.15, 0.2) is 91.1 Å².